The van der Waals surface area contributed by atoms with Gasteiger partial charge in [-0.05, 0) is 31.2 Å². The van der Waals surface area contributed by atoms with Crippen LogP contribution in [0.25, 0.3) is 10.8 Å². The van der Waals surface area contributed by atoms with Crippen molar-refractivity contribution >= 4 is 28.3 Å². The highest BCUT2D eigenvalue weighted by atomic mass is 35.5. The molecular weight excluding hydrogens is 348 g/mol. The van der Waals surface area contributed by atoms with E-state index < -0.39 is 0 Å². The molecule has 5 nitrogen and oxygen atoms in total. The van der Waals surface area contributed by atoms with E-state index in [9.17, 15) is 4.79 Å². The van der Waals surface area contributed by atoms with Gasteiger partial charge in [0.25, 0.3) is 0 Å². The molecule has 0 N–H and O–H groups in total. The first-order chi connectivity index (χ1) is 12.6. The number of hydrogen-bond acceptors (Lipinski definition) is 3. The first kappa shape index (κ1) is 17.0. The van der Waals surface area contributed by atoms with Crippen molar-refractivity contribution in [1.82, 2.24) is 19.7 Å². The number of amides is 1. The van der Waals surface area contributed by atoms with E-state index in [1.165, 1.54) is 5.39 Å². The molecule has 2 atom stereocenters. The first-order valence-electron chi connectivity index (χ1n) is 8.95. The molecule has 0 radical (unpaired) electrons. The van der Waals surface area contributed by atoms with Crippen molar-refractivity contribution in [3.8, 4) is 0 Å². The third kappa shape index (κ3) is 3.31. The summed E-state index contributed by atoms with van der Waals surface area (Å²) in [7, 11) is 0. The summed E-state index contributed by atoms with van der Waals surface area (Å²) in [4.78, 5) is 19.5. The summed E-state index contributed by atoms with van der Waals surface area (Å²) in [5.74, 6) is 0.348. The van der Waals surface area contributed by atoms with Crippen LogP contribution < -0.4 is 0 Å². The highest BCUT2D eigenvalue weighted by Crippen LogP contribution is 2.28. The molecule has 134 valence electrons. The van der Waals surface area contributed by atoms with Crippen molar-refractivity contribution in [2.24, 2.45) is 0 Å². The quantitative estimate of drug-likeness (QED) is 0.700. The maximum Gasteiger partial charge on any atom is 0.247 e. The maximum atomic E-state index is 12.9. The van der Waals surface area contributed by atoms with Gasteiger partial charge in [0, 0.05) is 42.5 Å². The second-order valence-corrected chi connectivity index (χ2v) is 7.33. The minimum Gasteiger partial charge on any atom is -0.340 e. The van der Waals surface area contributed by atoms with E-state index in [4.69, 9.17) is 11.6 Å². The van der Waals surface area contributed by atoms with Gasteiger partial charge in [0.1, 0.15) is 6.04 Å². The van der Waals surface area contributed by atoms with Crippen molar-refractivity contribution < 1.29 is 4.79 Å². The fourth-order valence-electron chi connectivity index (χ4n) is 3.65. The Kier molecular flexibility index (Phi) is 4.64. The number of hydrogen-bond donors (Lipinski definition) is 0. The molecule has 6 heteroatoms. The molecule has 2 aromatic heterocycles. The molecule has 1 aliphatic heterocycles. The summed E-state index contributed by atoms with van der Waals surface area (Å²) >= 11 is 5.93. The molecule has 0 spiro atoms. The average molecular weight is 369 g/mol. The molecule has 1 amide bonds. The molecule has 1 aromatic carbocycles. The lowest BCUT2D eigenvalue weighted by Gasteiger charge is -2.34. The Morgan fingerprint density at radius 3 is 2.85 bits per heavy atom. The van der Waals surface area contributed by atoms with E-state index >= 15 is 0 Å². The highest BCUT2D eigenvalue weighted by molar-refractivity contribution is 6.30. The van der Waals surface area contributed by atoms with Gasteiger partial charge in [0.15, 0.2) is 0 Å². The largest absolute Gasteiger partial charge is 0.340 e. The van der Waals surface area contributed by atoms with Gasteiger partial charge in [0.05, 0.1) is 11.2 Å². The molecule has 3 heterocycles. The Hall–Kier alpha value is -2.40. The number of rotatable bonds is 3. The number of carbonyl (C=O) groups excluding carboxylic acids is 1. The molecule has 0 bridgehead atoms. The van der Waals surface area contributed by atoms with Gasteiger partial charge in [-0.25, -0.2) is 0 Å². The smallest absolute Gasteiger partial charge is 0.247 e. The Balaban J connectivity index is 1.52. The summed E-state index contributed by atoms with van der Waals surface area (Å²) in [6.45, 7) is 3.34. The fraction of sp³-hybridized carbons (Fsp3) is 0.350. The zero-order valence-electron chi connectivity index (χ0n) is 14.7. The van der Waals surface area contributed by atoms with Gasteiger partial charge in [-0.3, -0.25) is 14.5 Å². The number of carbonyl (C=O) groups is 1. The zero-order valence-corrected chi connectivity index (χ0v) is 15.4. The minimum absolute atomic E-state index is 0.0789. The van der Waals surface area contributed by atoms with Crippen LogP contribution in [0.4, 0.5) is 0 Å². The molecular formula is C20H21ClN4O. The van der Waals surface area contributed by atoms with Gasteiger partial charge in [0.2, 0.25) is 5.91 Å². The molecule has 1 fully saturated rings. The zero-order chi connectivity index (χ0) is 18.1. The lowest BCUT2D eigenvalue weighted by molar-refractivity contribution is -0.135. The molecule has 0 aliphatic carbocycles. The van der Waals surface area contributed by atoms with Crippen LogP contribution in [0.3, 0.4) is 0 Å². The SMILES string of the molecule is C[C@H](C(=O)N1CCC[C@H](c2cc3ccccc3cn2)C1)n1cc(Cl)cn1. The van der Waals surface area contributed by atoms with Crippen LogP contribution in [0, 0.1) is 0 Å². The van der Waals surface area contributed by atoms with Crippen LogP contribution in [0.15, 0.2) is 48.9 Å². The van der Waals surface area contributed by atoms with Gasteiger partial charge >= 0.3 is 0 Å². The molecule has 4 rings (SSSR count). The Bertz CT molecular complexity index is 938. The van der Waals surface area contributed by atoms with Crippen molar-refractivity contribution in [1.29, 1.82) is 0 Å². The lowest BCUT2D eigenvalue weighted by Crippen LogP contribution is -2.42. The summed E-state index contributed by atoms with van der Waals surface area (Å²) in [6.07, 6.45) is 7.22. The second kappa shape index (κ2) is 7.08. The number of piperidine rings is 1. The van der Waals surface area contributed by atoms with E-state index in [0.717, 1.165) is 30.5 Å². The first-order valence-corrected chi connectivity index (χ1v) is 9.33. The van der Waals surface area contributed by atoms with Crippen LogP contribution in [0.1, 0.15) is 37.4 Å². The predicted octanol–water partition coefficient (Wildman–Crippen LogP) is 4.05. The molecule has 0 unspecified atom stereocenters. The van der Waals surface area contributed by atoms with Crippen LogP contribution in [0.2, 0.25) is 5.02 Å². The highest BCUT2D eigenvalue weighted by Gasteiger charge is 2.29. The third-order valence-corrected chi connectivity index (χ3v) is 5.32. The maximum absolute atomic E-state index is 12.9. The number of nitrogens with zero attached hydrogens (tertiary/aromatic N) is 4. The van der Waals surface area contributed by atoms with Gasteiger partial charge in [-0.1, -0.05) is 35.9 Å². The van der Waals surface area contributed by atoms with E-state index in [0.29, 0.717) is 11.6 Å². The molecule has 1 aliphatic rings. The molecule has 26 heavy (non-hydrogen) atoms. The molecule has 1 saturated heterocycles. The van der Waals surface area contributed by atoms with Crippen LogP contribution >= 0.6 is 11.6 Å². The fourth-order valence-corrected chi connectivity index (χ4v) is 3.79. The monoisotopic (exact) mass is 368 g/mol. The van der Waals surface area contributed by atoms with Crippen molar-refractivity contribution in [3.05, 3.63) is 59.6 Å². The van der Waals surface area contributed by atoms with E-state index in [1.807, 2.05) is 30.2 Å². The topological polar surface area (TPSA) is 51.0 Å². The number of pyridine rings is 1. The van der Waals surface area contributed by atoms with Gasteiger partial charge in [-0.15, -0.1) is 0 Å². The molecule has 0 saturated carbocycles. The van der Waals surface area contributed by atoms with Crippen molar-refractivity contribution in [2.75, 3.05) is 13.1 Å². The summed E-state index contributed by atoms with van der Waals surface area (Å²) in [6, 6.07) is 10.0. The molecule has 3 aromatic rings. The second-order valence-electron chi connectivity index (χ2n) is 6.89. The van der Waals surface area contributed by atoms with Gasteiger partial charge in [-0.2, -0.15) is 5.10 Å². The van der Waals surface area contributed by atoms with E-state index in [-0.39, 0.29) is 17.9 Å². The Labute approximate surface area is 157 Å². The third-order valence-electron chi connectivity index (χ3n) is 5.13. The standard InChI is InChI=1S/C20H21ClN4O/c1-14(25-13-18(21)11-23-25)20(26)24-8-4-7-17(12-24)19-9-15-5-2-3-6-16(15)10-22-19/h2-3,5-6,9-11,13-14,17H,4,7-8,12H2,1H3/t14-,17+/m1/s1. The van der Waals surface area contributed by atoms with E-state index in [1.54, 1.807) is 17.1 Å². The van der Waals surface area contributed by atoms with Crippen molar-refractivity contribution in [3.63, 3.8) is 0 Å². The lowest BCUT2D eigenvalue weighted by atomic mass is 9.93. The van der Waals surface area contributed by atoms with Crippen LogP contribution in [0.5, 0.6) is 0 Å². The van der Waals surface area contributed by atoms with Crippen LogP contribution in [-0.2, 0) is 4.79 Å². The number of benzene rings is 1. The van der Waals surface area contributed by atoms with E-state index in [2.05, 4.69) is 28.3 Å². The number of likely N-dealkylation sites (tertiary alicyclic amines) is 1. The number of fused-ring (bicyclic) bond motifs is 1. The average Bonchev–Trinajstić information content (AvgIpc) is 3.13. The summed E-state index contributed by atoms with van der Waals surface area (Å²) in [5.41, 5.74) is 1.07. The Morgan fingerprint density at radius 1 is 1.27 bits per heavy atom. The number of halogens is 1. The Morgan fingerprint density at radius 2 is 2.08 bits per heavy atom. The predicted molar refractivity (Wildman–Crippen MR) is 102 cm³/mol. The number of aromatic nitrogens is 3. The minimum atomic E-state index is -0.356. The van der Waals surface area contributed by atoms with Crippen molar-refractivity contribution in [2.45, 2.75) is 31.7 Å². The normalized spacial score (nSPS) is 18.8. The van der Waals surface area contributed by atoms with Crippen LogP contribution in [-0.4, -0.2) is 38.7 Å². The summed E-state index contributed by atoms with van der Waals surface area (Å²) < 4.78 is 1.63. The summed E-state index contributed by atoms with van der Waals surface area (Å²) in [5, 5.41) is 7.05. The van der Waals surface area contributed by atoms with Gasteiger partial charge < -0.3 is 4.90 Å².